The van der Waals surface area contributed by atoms with Crippen LogP contribution in [0.4, 0.5) is 0 Å². The largest absolute Gasteiger partial charge is 0.344 e. The summed E-state index contributed by atoms with van der Waals surface area (Å²) < 4.78 is 0. The van der Waals surface area contributed by atoms with Gasteiger partial charge in [0, 0.05) is 26.2 Å². The van der Waals surface area contributed by atoms with E-state index in [1.807, 2.05) is 0 Å². The molecule has 0 saturated carbocycles. The lowest BCUT2D eigenvalue weighted by atomic mass is 10.5. The highest BCUT2D eigenvalue weighted by Crippen LogP contribution is 1.56. The predicted octanol–water partition coefficient (Wildman–Crippen LogP) is -0.694. The Morgan fingerprint density at radius 2 is 1.70 bits per heavy atom. The molecule has 0 radical (unpaired) electrons. The van der Waals surface area contributed by atoms with Crippen molar-refractivity contribution < 1.29 is 0 Å². The van der Waals surface area contributed by atoms with E-state index < -0.39 is 0 Å². The molecular weight excluding hydrogens is 128 g/mol. The van der Waals surface area contributed by atoms with Crippen molar-refractivity contribution in [3.8, 4) is 0 Å². The van der Waals surface area contributed by atoms with Crippen LogP contribution in [-0.2, 0) is 0 Å². The standard InChI is InChI=1S/C6H17N3.H3N/c1-2-8-5-6-9-4-3-7;/h8-9H,2-7H2,1H3;1H3. The number of rotatable bonds is 6. The summed E-state index contributed by atoms with van der Waals surface area (Å²) in [5, 5.41) is 6.39. The van der Waals surface area contributed by atoms with Crippen molar-refractivity contribution in [2.24, 2.45) is 5.73 Å². The van der Waals surface area contributed by atoms with Crippen molar-refractivity contribution >= 4 is 0 Å². The van der Waals surface area contributed by atoms with Crippen molar-refractivity contribution in [1.82, 2.24) is 16.8 Å². The van der Waals surface area contributed by atoms with E-state index >= 15 is 0 Å². The molecule has 0 aliphatic rings. The number of nitrogens with one attached hydrogen (secondary N) is 2. The summed E-state index contributed by atoms with van der Waals surface area (Å²) in [4.78, 5) is 0. The molecule has 0 fully saturated rings. The summed E-state index contributed by atoms with van der Waals surface area (Å²) in [5.74, 6) is 0. The van der Waals surface area contributed by atoms with Gasteiger partial charge in [0.25, 0.3) is 0 Å². The first-order chi connectivity index (χ1) is 4.41. The summed E-state index contributed by atoms with van der Waals surface area (Å²) in [6.07, 6.45) is 0. The quantitative estimate of drug-likeness (QED) is 0.375. The van der Waals surface area contributed by atoms with Gasteiger partial charge >= 0.3 is 0 Å². The Labute approximate surface area is 63.1 Å². The summed E-state index contributed by atoms with van der Waals surface area (Å²) in [5.41, 5.74) is 5.26. The second-order valence-electron chi connectivity index (χ2n) is 1.89. The Bertz CT molecular complexity index is 43.0. The van der Waals surface area contributed by atoms with Crippen LogP contribution in [0.1, 0.15) is 6.92 Å². The van der Waals surface area contributed by atoms with Gasteiger partial charge in [-0.1, -0.05) is 6.92 Å². The maximum Gasteiger partial charge on any atom is 0.00772 e. The fourth-order valence-electron chi connectivity index (χ4n) is 0.581. The molecule has 0 aliphatic heterocycles. The van der Waals surface area contributed by atoms with Gasteiger partial charge in [-0.3, -0.25) is 0 Å². The highest BCUT2D eigenvalue weighted by atomic mass is 14.9. The molecule has 0 heterocycles. The summed E-state index contributed by atoms with van der Waals surface area (Å²) in [7, 11) is 0. The van der Waals surface area contributed by atoms with Crippen LogP contribution in [0.2, 0.25) is 0 Å². The number of likely N-dealkylation sites (N-methyl/N-ethyl adjacent to an activating group) is 1. The average molecular weight is 148 g/mol. The molecule has 0 atom stereocenters. The molecule has 10 heavy (non-hydrogen) atoms. The van der Waals surface area contributed by atoms with Crippen molar-refractivity contribution in [3.63, 3.8) is 0 Å². The van der Waals surface area contributed by atoms with Gasteiger partial charge < -0.3 is 22.5 Å². The Morgan fingerprint density at radius 3 is 2.20 bits per heavy atom. The van der Waals surface area contributed by atoms with Crippen LogP contribution in [0.5, 0.6) is 0 Å². The molecular formula is C6H20N4. The summed E-state index contributed by atoms with van der Waals surface area (Å²) >= 11 is 0. The van der Waals surface area contributed by atoms with E-state index in [2.05, 4.69) is 17.6 Å². The first-order valence-corrected chi connectivity index (χ1v) is 3.53. The van der Waals surface area contributed by atoms with Crippen molar-refractivity contribution in [2.45, 2.75) is 6.92 Å². The van der Waals surface area contributed by atoms with E-state index in [4.69, 9.17) is 5.73 Å². The van der Waals surface area contributed by atoms with Crippen LogP contribution in [0.15, 0.2) is 0 Å². The fraction of sp³-hybridized carbons (Fsp3) is 1.00. The lowest BCUT2D eigenvalue weighted by Crippen LogP contribution is -2.30. The van der Waals surface area contributed by atoms with Crippen LogP contribution in [-0.4, -0.2) is 32.7 Å². The first-order valence-electron chi connectivity index (χ1n) is 3.53. The number of hydrogen-bond donors (Lipinski definition) is 4. The minimum Gasteiger partial charge on any atom is -0.344 e. The lowest BCUT2D eigenvalue weighted by Gasteiger charge is -2.01. The zero-order valence-electron chi connectivity index (χ0n) is 6.82. The molecule has 0 rings (SSSR count). The summed E-state index contributed by atoms with van der Waals surface area (Å²) in [6, 6.07) is 0. The Balaban J connectivity index is 0. The third-order valence-electron chi connectivity index (χ3n) is 1.05. The van der Waals surface area contributed by atoms with E-state index in [-0.39, 0.29) is 6.15 Å². The van der Waals surface area contributed by atoms with Gasteiger partial charge in [0.2, 0.25) is 0 Å². The van der Waals surface area contributed by atoms with Crippen molar-refractivity contribution in [3.05, 3.63) is 0 Å². The predicted molar refractivity (Wildman–Crippen MR) is 45.5 cm³/mol. The maximum atomic E-state index is 5.26. The van der Waals surface area contributed by atoms with Crippen LogP contribution in [0, 0.1) is 0 Å². The van der Waals surface area contributed by atoms with Gasteiger partial charge in [0.1, 0.15) is 0 Å². The third kappa shape index (κ3) is 10.8. The monoisotopic (exact) mass is 148 g/mol. The molecule has 0 bridgehead atoms. The Morgan fingerprint density at radius 1 is 1.10 bits per heavy atom. The highest BCUT2D eigenvalue weighted by molar-refractivity contribution is 4.49. The smallest absolute Gasteiger partial charge is 0.00772 e. The van der Waals surface area contributed by atoms with Gasteiger partial charge in [-0.05, 0) is 6.54 Å². The SMILES string of the molecule is CCNCCNCCN.N. The molecule has 0 spiro atoms. The Hall–Kier alpha value is -0.160. The fourth-order valence-corrected chi connectivity index (χ4v) is 0.581. The van der Waals surface area contributed by atoms with E-state index in [9.17, 15) is 0 Å². The molecule has 4 heteroatoms. The molecule has 0 unspecified atom stereocenters. The van der Waals surface area contributed by atoms with Crippen molar-refractivity contribution in [2.75, 3.05) is 32.7 Å². The van der Waals surface area contributed by atoms with Gasteiger partial charge in [0.15, 0.2) is 0 Å². The summed E-state index contributed by atoms with van der Waals surface area (Å²) in [6.45, 7) is 6.85. The lowest BCUT2D eigenvalue weighted by molar-refractivity contribution is 0.629. The zero-order chi connectivity index (χ0) is 6.95. The maximum absolute atomic E-state index is 5.26. The third-order valence-corrected chi connectivity index (χ3v) is 1.05. The molecule has 7 N–H and O–H groups in total. The van der Waals surface area contributed by atoms with E-state index in [0.717, 1.165) is 32.7 Å². The van der Waals surface area contributed by atoms with E-state index in [1.165, 1.54) is 0 Å². The Kier molecular flexibility index (Phi) is 14.5. The molecule has 0 amide bonds. The molecule has 0 aromatic carbocycles. The van der Waals surface area contributed by atoms with Crippen LogP contribution >= 0.6 is 0 Å². The molecule has 4 nitrogen and oxygen atoms in total. The van der Waals surface area contributed by atoms with E-state index in [0.29, 0.717) is 0 Å². The average Bonchev–Trinajstić information content (AvgIpc) is 1.89. The zero-order valence-corrected chi connectivity index (χ0v) is 6.82. The van der Waals surface area contributed by atoms with Gasteiger partial charge in [-0.15, -0.1) is 0 Å². The molecule has 64 valence electrons. The number of hydrogen-bond acceptors (Lipinski definition) is 4. The first kappa shape index (κ1) is 12.5. The molecule has 0 aromatic heterocycles. The molecule has 0 aromatic rings. The second kappa shape index (κ2) is 11.6. The van der Waals surface area contributed by atoms with Crippen molar-refractivity contribution in [1.29, 1.82) is 0 Å². The second-order valence-corrected chi connectivity index (χ2v) is 1.89. The van der Waals surface area contributed by atoms with Crippen LogP contribution in [0.3, 0.4) is 0 Å². The van der Waals surface area contributed by atoms with Gasteiger partial charge in [-0.25, -0.2) is 0 Å². The minimum absolute atomic E-state index is 0. The van der Waals surface area contributed by atoms with E-state index in [1.54, 1.807) is 0 Å². The van der Waals surface area contributed by atoms with Gasteiger partial charge in [-0.2, -0.15) is 0 Å². The topological polar surface area (TPSA) is 85.1 Å². The molecule has 0 saturated heterocycles. The minimum atomic E-state index is 0. The van der Waals surface area contributed by atoms with Crippen LogP contribution < -0.4 is 22.5 Å². The van der Waals surface area contributed by atoms with Crippen LogP contribution in [0.25, 0.3) is 0 Å². The van der Waals surface area contributed by atoms with Gasteiger partial charge in [0.05, 0.1) is 0 Å². The highest BCUT2D eigenvalue weighted by Gasteiger charge is 1.81. The normalized spacial score (nSPS) is 9.00. The number of nitrogens with two attached hydrogens (primary N) is 1. The molecule has 0 aliphatic carbocycles.